The summed E-state index contributed by atoms with van der Waals surface area (Å²) in [6, 6.07) is 6.70. The van der Waals surface area contributed by atoms with Crippen molar-refractivity contribution >= 4 is 28.2 Å². The molecule has 0 atom stereocenters. The van der Waals surface area contributed by atoms with Gasteiger partial charge in [-0.15, -0.1) is 11.3 Å². The number of hydrogen-bond donors (Lipinski definition) is 1. The number of ether oxygens (including phenoxy) is 1. The SMILES string of the molecule is COC(=O)c1c(NC(=O)CN2CCN(Cc3cccc(F)c3)CC2)sc2c1CCCCC2. The summed E-state index contributed by atoms with van der Waals surface area (Å²) in [6.07, 6.45) is 5.14. The van der Waals surface area contributed by atoms with Crippen molar-refractivity contribution in [1.82, 2.24) is 9.80 Å². The lowest BCUT2D eigenvalue weighted by molar-refractivity contribution is -0.117. The van der Waals surface area contributed by atoms with Gasteiger partial charge in [0.25, 0.3) is 0 Å². The largest absolute Gasteiger partial charge is 0.465 e. The van der Waals surface area contributed by atoms with Gasteiger partial charge in [-0.2, -0.15) is 0 Å². The maximum atomic E-state index is 13.4. The lowest BCUT2D eigenvalue weighted by atomic mass is 10.1. The van der Waals surface area contributed by atoms with Crippen molar-refractivity contribution in [3.8, 4) is 0 Å². The zero-order chi connectivity index (χ0) is 22.5. The van der Waals surface area contributed by atoms with Crippen molar-refractivity contribution in [3.05, 3.63) is 51.7 Å². The zero-order valence-corrected chi connectivity index (χ0v) is 19.3. The number of amides is 1. The fourth-order valence-electron chi connectivity index (χ4n) is 4.52. The first kappa shape index (κ1) is 22.9. The van der Waals surface area contributed by atoms with Crippen LogP contribution in [0.25, 0.3) is 0 Å². The Labute approximate surface area is 192 Å². The summed E-state index contributed by atoms with van der Waals surface area (Å²) >= 11 is 1.52. The number of methoxy groups -OCH3 is 1. The zero-order valence-electron chi connectivity index (χ0n) is 18.5. The Kier molecular flexibility index (Phi) is 7.55. The second-order valence-electron chi connectivity index (χ2n) is 8.49. The van der Waals surface area contributed by atoms with Crippen molar-refractivity contribution < 1.29 is 18.7 Å². The molecule has 0 radical (unpaired) electrons. The Morgan fingerprint density at radius 1 is 1.09 bits per heavy atom. The number of fused-ring (bicyclic) bond motifs is 1. The second-order valence-corrected chi connectivity index (χ2v) is 9.60. The van der Waals surface area contributed by atoms with Crippen LogP contribution in [0.3, 0.4) is 0 Å². The Bertz CT molecular complexity index is 969. The van der Waals surface area contributed by atoms with Crippen LogP contribution in [0.4, 0.5) is 9.39 Å². The Hall–Kier alpha value is -2.29. The van der Waals surface area contributed by atoms with Crippen LogP contribution in [0, 0.1) is 5.82 Å². The van der Waals surface area contributed by atoms with Gasteiger partial charge in [0, 0.05) is 37.6 Å². The lowest BCUT2D eigenvalue weighted by Crippen LogP contribution is -2.48. The van der Waals surface area contributed by atoms with Gasteiger partial charge in [0.1, 0.15) is 10.8 Å². The summed E-state index contributed by atoms with van der Waals surface area (Å²) in [6.45, 7) is 4.19. The molecule has 0 bridgehead atoms. The van der Waals surface area contributed by atoms with Crippen LogP contribution in [0.5, 0.6) is 0 Å². The van der Waals surface area contributed by atoms with Gasteiger partial charge >= 0.3 is 5.97 Å². The molecule has 1 amide bonds. The van der Waals surface area contributed by atoms with E-state index in [1.165, 1.54) is 29.4 Å². The molecule has 6 nitrogen and oxygen atoms in total. The molecule has 1 aromatic carbocycles. The number of nitrogens with zero attached hydrogens (tertiary/aromatic N) is 2. The van der Waals surface area contributed by atoms with Crippen molar-refractivity contribution in [2.24, 2.45) is 0 Å². The number of anilines is 1. The summed E-state index contributed by atoms with van der Waals surface area (Å²) in [7, 11) is 1.39. The molecule has 0 spiro atoms. The van der Waals surface area contributed by atoms with Crippen LogP contribution >= 0.6 is 11.3 Å². The lowest BCUT2D eigenvalue weighted by Gasteiger charge is -2.34. The summed E-state index contributed by atoms with van der Waals surface area (Å²) in [5.41, 5.74) is 2.56. The highest BCUT2D eigenvalue weighted by Crippen LogP contribution is 2.37. The first-order chi connectivity index (χ1) is 15.5. The second kappa shape index (κ2) is 10.6. The first-order valence-electron chi connectivity index (χ1n) is 11.3. The van der Waals surface area contributed by atoms with Crippen molar-refractivity contribution in [1.29, 1.82) is 0 Å². The minimum Gasteiger partial charge on any atom is -0.465 e. The number of rotatable bonds is 6. The number of carbonyl (C=O) groups is 2. The number of piperazine rings is 1. The third kappa shape index (κ3) is 5.54. The van der Waals surface area contributed by atoms with Crippen LogP contribution < -0.4 is 5.32 Å². The molecule has 0 saturated carbocycles. The minimum atomic E-state index is -0.370. The maximum absolute atomic E-state index is 13.4. The molecule has 1 N–H and O–H groups in total. The maximum Gasteiger partial charge on any atom is 0.341 e. The van der Waals surface area contributed by atoms with E-state index in [2.05, 4.69) is 15.1 Å². The predicted octanol–water partition coefficient (Wildman–Crippen LogP) is 3.70. The van der Waals surface area contributed by atoms with Crippen LogP contribution in [-0.4, -0.2) is 61.5 Å². The quantitative estimate of drug-likeness (QED) is 0.527. The van der Waals surface area contributed by atoms with E-state index in [0.29, 0.717) is 17.1 Å². The molecular formula is C24H30FN3O3S. The molecule has 2 aromatic rings. The van der Waals surface area contributed by atoms with Crippen molar-refractivity contribution in [3.63, 3.8) is 0 Å². The molecule has 1 aliphatic heterocycles. The smallest absolute Gasteiger partial charge is 0.341 e. The molecule has 8 heteroatoms. The molecular weight excluding hydrogens is 429 g/mol. The number of thiophene rings is 1. The van der Waals surface area contributed by atoms with E-state index >= 15 is 0 Å². The molecule has 0 unspecified atom stereocenters. The van der Waals surface area contributed by atoms with Crippen LogP contribution in [0.15, 0.2) is 24.3 Å². The van der Waals surface area contributed by atoms with Crippen LogP contribution in [0.2, 0.25) is 0 Å². The highest BCUT2D eigenvalue weighted by molar-refractivity contribution is 7.17. The van der Waals surface area contributed by atoms with E-state index in [1.54, 1.807) is 12.1 Å². The number of nitrogens with one attached hydrogen (secondary N) is 1. The number of aryl methyl sites for hydroxylation is 1. The fraction of sp³-hybridized carbons (Fsp3) is 0.500. The summed E-state index contributed by atoms with van der Waals surface area (Å²) in [5, 5.41) is 3.61. The van der Waals surface area contributed by atoms with Gasteiger partial charge in [-0.1, -0.05) is 18.6 Å². The molecule has 32 heavy (non-hydrogen) atoms. The molecule has 2 aliphatic rings. The minimum absolute atomic E-state index is 0.106. The number of halogens is 1. The summed E-state index contributed by atoms with van der Waals surface area (Å²) in [5.74, 6) is -0.689. The standard InChI is InChI=1S/C24H30FN3O3S/c1-31-24(30)22-19-8-3-2-4-9-20(19)32-23(22)26-21(29)16-28-12-10-27(11-13-28)15-17-6-5-7-18(25)14-17/h5-7,14H,2-4,8-13,15-16H2,1H3,(H,26,29). The summed E-state index contributed by atoms with van der Waals surface area (Å²) < 4.78 is 18.4. The fourth-order valence-corrected chi connectivity index (χ4v) is 5.81. The Morgan fingerprint density at radius 2 is 1.84 bits per heavy atom. The van der Waals surface area contributed by atoms with Gasteiger partial charge in [0.05, 0.1) is 19.2 Å². The average Bonchev–Trinajstić information content (AvgIpc) is 2.94. The number of hydrogen-bond acceptors (Lipinski definition) is 6. The third-order valence-electron chi connectivity index (χ3n) is 6.19. The predicted molar refractivity (Wildman–Crippen MR) is 124 cm³/mol. The van der Waals surface area contributed by atoms with Crippen molar-refractivity contribution in [2.75, 3.05) is 45.2 Å². The monoisotopic (exact) mass is 459 g/mol. The third-order valence-corrected chi connectivity index (χ3v) is 7.40. The molecule has 1 fully saturated rings. The van der Waals surface area contributed by atoms with Gasteiger partial charge in [-0.05, 0) is 48.9 Å². The van der Waals surface area contributed by atoms with Gasteiger partial charge in [-0.25, -0.2) is 9.18 Å². The number of carbonyl (C=O) groups excluding carboxylic acids is 2. The topological polar surface area (TPSA) is 61.9 Å². The molecule has 4 rings (SSSR count). The molecule has 1 saturated heterocycles. The Morgan fingerprint density at radius 3 is 2.59 bits per heavy atom. The van der Waals surface area contributed by atoms with E-state index in [0.717, 1.165) is 69.4 Å². The highest BCUT2D eigenvalue weighted by atomic mass is 32.1. The number of esters is 1. The van der Waals surface area contributed by atoms with Crippen LogP contribution in [-0.2, 0) is 28.9 Å². The van der Waals surface area contributed by atoms with Gasteiger partial charge in [0.15, 0.2) is 0 Å². The molecule has 2 heterocycles. The van der Waals surface area contributed by atoms with Crippen molar-refractivity contribution in [2.45, 2.75) is 38.6 Å². The van der Waals surface area contributed by atoms with E-state index in [1.807, 2.05) is 6.07 Å². The van der Waals surface area contributed by atoms with Gasteiger partial charge in [-0.3, -0.25) is 14.6 Å². The molecule has 1 aliphatic carbocycles. The first-order valence-corrected chi connectivity index (χ1v) is 12.1. The van der Waals surface area contributed by atoms with Crippen LogP contribution in [0.1, 0.15) is 45.6 Å². The molecule has 1 aromatic heterocycles. The van der Waals surface area contributed by atoms with E-state index in [-0.39, 0.29) is 24.2 Å². The normalized spacial score (nSPS) is 17.4. The van der Waals surface area contributed by atoms with Gasteiger partial charge in [0.2, 0.25) is 5.91 Å². The summed E-state index contributed by atoms with van der Waals surface area (Å²) in [4.78, 5) is 30.8. The van der Waals surface area contributed by atoms with E-state index < -0.39 is 0 Å². The average molecular weight is 460 g/mol. The van der Waals surface area contributed by atoms with E-state index in [9.17, 15) is 14.0 Å². The number of benzene rings is 1. The highest BCUT2D eigenvalue weighted by Gasteiger charge is 2.27. The Balaban J connectivity index is 1.33. The van der Waals surface area contributed by atoms with E-state index in [4.69, 9.17) is 4.74 Å². The molecule has 172 valence electrons. The van der Waals surface area contributed by atoms with Gasteiger partial charge < -0.3 is 10.1 Å².